The van der Waals surface area contributed by atoms with Crippen LogP contribution in [0.4, 0.5) is 5.13 Å². The fraction of sp³-hybridized carbons (Fsp3) is 0.818. The summed E-state index contributed by atoms with van der Waals surface area (Å²) >= 11 is 5.12. The van der Waals surface area contributed by atoms with E-state index in [1.807, 2.05) is 0 Å². The Labute approximate surface area is 109 Å². The zero-order valence-corrected chi connectivity index (χ0v) is 11.6. The number of hydrogen-bond donors (Lipinski definition) is 0. The normalized spacial score (nSPS) is 20.8. The zero-order valence-electron chi connectivity index (χ0n) is 9.23. The molecule has 2 saturated carbocycles. The van der Waals surface area contributed by atoms with Gasteiger partial charge in [0.2, 0.25) is 5.13 Å². The molecule has 88 valence electrons. The highest BCUT2D eigenvalue weighted by Gasteiger charge is 2.31. The highest BCUT2D eigenvalue weighted by Crippen LogP contribution is 2.40. The van der Waals surface area contributed by atoms with E-state index < -0.39 is 0 Å². The zero-order chi connectivity index (χ0) is 11.0. The summed E-state index contributed by atoms with van der Waals surface area (Å²) in [5.41, 5.74) is 0. The molecular formula is C11H16BrN3S. The largest absolute Gasteiger partial charge is 0.343 e. The first-order valence-corrected chi connectivity index (χ1v) is 7.94. The molecule has 3 rings (SSSR count). The van der Waals surface area contributed by atoms with Crippen molar-refractivity contribution < 1.29 is 0 Å². The van der Waals surface area contributed by atoms with E-state index in [4.69, 9.17) is 4.98 Å². The molecule has 0 atom stereocenters. The van der Waals surface area contributed by atoms with Gasteiger partial charge in [-0.25, -0.2) is 4.98 Å². The van der Waals surface area contributed by atoms with E-state index in [1.165, 1.54) is 32.1 Å². The lowest BCUT2D eigenvalue weighted by molar-refractivity contribution is 0.390. The molecule has 0 radical (unpaired) electrons. The van der Waals surface area contributed by atoms with E-state index in [0.717, 1.165) is 28.9 Å². The van der Waals surface area contributed by atoms with Gasteiger partial charge in [0.1, 0.15) is 5.82 Å². The minimum absolute atomic E-state index is 0.678. The highest BCUT2D eigenvalue weighted by atomic mass is 79.9. The second kappa shape index (κ2) is 4.61. The third kappa shape index (κ3) is 2.12. The molecule has 0 aliphatic heterocycles. The number of halogens is 1. The predicted molar refractivity (Wildman–Crippen MR) is 70.7 cm³/mol. The monoisotopic (exact) mass is 301 g/mol. The Kier molecular flexibility index (Phi) is 3.16. The van der Waals surface area contributed by atoms with Crippen molar-refractivity contribution in [2.45, 2.75) is 44.1 Å². The van der Waals surface area contributed by atoms with Crippen LogP contribution in [0.3, 0.4) is 0 Å². The van der Waals surface area contributed by atoms with Crippen LogP contribution in [0.2, 0.25) is 0 Å². The average molecular weight is 302 g/mol. The summed E-state index contributed by atoms with van der Waals surface area (Å²) in [5, 5.41) is 2.16. The lowest BCUT2D eigenvalue weighted by atomic mass is 9.92. The molecule has 0 saturated heterocycles. The lowest BCUT2D eigenvalue weighted by Crippen LogP contribution is -2.41. The Morgan fingerprint density at radius 2 is 2.12 bits per heavy atom. The molecule has 16 heavy (non-hydrogen) atoms. The second-order valence-corrected chi connectivity index (χ2v) is 6.20. The third-order valence-electron chi connectivity index (χ3n) is 3.46. The lowest BCUT2D eigenvalue weighted by Gasteiger charge is -2.36. The van der Waals surface area contributed by atoms with E-state index in [0.29, 0.717) is 5.92 Å². The van der Waals surface area contributed by atoms with Crippen LogP contribution in [0.1, 0.15) is 43.8 Å². The smallest absolute Gasteiger partial charge is 0.205 e. The van der Waals surface area contributed by atoms with Gasteiger partial charge in [0.15, 0.2) is 0 Å². The van der Waals surface area contributed by atoms with E-state index in [1.54, 1.807) is 11.5 Å². The fourth-order valence-corrected chi connectivity index (χ4v) is 3.30. The van der Waals surface area contributed by atoms with E-state index >= 15 is 0 Å². The van der Waals surface area contributed by atoms with Crippen LogP contribution in [0.25, 0.3) is 0 Å². The van der Waals surface area contributed by atoms with Gasteiger partial charge in [-0.15, -0.1) is 0 Å². The van der Waals surface area contributed by atoms with Crippen LogP contribution in [0, 0.1) is 0 Å². The Morgan fingerprint density at radius 1 is 1.31 bits per heavy atom. The van der Waals surface area contributed by atoms with Crippen LogP contribution in [-0.2, 0) is 0 Å². The van der Waals surface area contributed by atoms with Gasteiger partial charge < -0.3 is 4.90 Å². The summed E-state index contributed by atoms with van der Waals surface area (Å²) in [6.07, 6.45) is 6.60. The summed E-state index contributed by atoms with van der Waals surface area (Å²) in [5.74, 6) is 1.77. The maximum Gasteiger partial charge on any atom is 0.205 e. The minimum Gasteiger partial charge on any atom is -0.343 e. The van der Waals surface area contributed by atoms with E-state index in [-0.39, 0.29) is 0 Å². The Hall–Kier alpha value is -0.160. The molecule has 1 aromatic rings. The predicted octanol–water partition coefficient (Wildman–Crippen LogP) is 3.17. The molecular weight excluding hydrogens is 286 g/mol. The van der Waals surface area contributed by atoms with Gasteiger partial charge in [0.05, 0.1) is 0 Å². The summed E-state index contributed by atoms with van der Waals surface area (Å²) in [7, 11) is 0. The van der Waals surface area contributed by atoms with Crippen molar-refractivity contribution in [1.29, 1.82) is 0 Å². The van der Waals surface area contributed by atoms with Crippen molar-refractivity contribution in [2.75, 3.05) is 16.8 Å². The third-order valence-corrected chi connectivity index (χ3v) is 4.58. The molecule has 5 heteroatoms. The van der Waals surface area contributed by atoms with Crippen molar-refractivity contribution in [3.63, 3.8) is 0 Å². The van der Waals surface area contributed by atoms with Crippen molar-refractivity contribution in [1.82, 2.24) is 9.36 Å². The topological polar surface area (TPSA) is 29.0 Å². The number of hydrogen-bond acceptors (Lipinski definition) is 4. The van der Waals surface area contributed by atoms with Crippen LogP contribution >= 0.6 is 27.5 Å². The van der Waals surface area contributed by atoms with Crippen molar-refractivity contribution >= 4 is 32.6 Å². The number of nitrogens with zero attached hydrogens (tertiary/aromatic N) is 3. The molecule has 1 heterocycles. The van der Waals surface area contributed by atoms with Gasteiger partial charge in [0.25, 0.3) is 0 Å². The van der Waals surface area contributed by atoms with Gasteiger partial charge in [-0.05, 0) is 32.1 Å². The summed E-state index contributed by atoms with van der Waals surface area (Å²) in [6.45, 7) is 1.06. The van der Waals surface area contributed by atoms with Crippen LogP contribution in [-0.4, -0.2) is 27.3 Å². The standard InChI is InChI=1S/C11H16BrN3S/c12-6-7-15(9-2-1-3-9)11-13-10(14-16-11)8-4-5-8/h8-9H,1-7H2. The van der Waals surface area contributed by atoms with Crippen LogP contribution in [0.5, 0.6) is 0 Å². The molecule has 0 unspecified atom stereocenters. The summed E-state index contributed by atoms with van der Waals surface area (Å²) in [6, 6.07) is 0.720. The van der Waals surface area contributed by atoms with Gasteiger partial charge >= 0.3 is 0 Å². The van der Waals surface area contributed by atoms with Crippen LogP contribution in [0.15, 0.2) is 0 Å². The molecule has 0 bridgehead atoms. The minimum atomic E-state index is 0.678. The van der Waals surface area contributed by atoms with E-state index in [2.05, 4.69) is 25.2 Å². The van der Waals surface area contributed by atoms with Crippen molar-refractivity contribution in [3.8, 4) is 0 Å². The molecule has 2 aliphatic carbocycles. The van der Waals surface area contributed by atoms with E-state index in [9.17, 15) is 0 Å². The van der Waals surface area contributed by atoms with Gasteiger partial charge in [-0.1, -0.05) is 15.9 Å². The first-order valence-electron chi connectivity index (χ1n) is 6.04. The molecule has 0 amide bonds. The van der Waals surface area contributed by atoms with Crippen LogP contribution < -0.4 is 4.90 Å². The molecule has 2 fully saturated rings. The first-order chi connectivity index (χ1) is 7.88. The first kappa shape index (κ1) is 11.0. The fourth-order valence-electron chi connectivity index (χ4n) is 2.07. The molecule has 0 N–H and O–H groups in total. The molecule has 2 aliphatic rings. The quantitative estimate of drug-likeness (QED) is 0.782. The SMILES string of the molecule is BrCCN(c1nc(C2CC2)ns1)C1CCC1. The molecule has 0 aromatic carbocycles. The molecule has 0 spiro atoms. The second-order valence-electron chi connectivity index (χ2n) is 4.68. The number of rotatable bonds is 5. The Balaban J connectivity index is 1.74. The van der Waals surface area contributed by atoms with Crippen molar-refractivity contribution in [2.24, 2.45) is 0 Å². The number of aromatic nitrogens is 2. The maximum atomic E-state index is 4.71. The van der Waals surface area contributed by atoms with Gasteiger partial charge in [-0.2, -0.15) is 4.37 Å². The number of anilines is 1. The number of alkyl halides is 1. The van der Waals surface area contributed by atoms with Gasteiger partial charge in [0, 0.05) is 35.4 Å². The Bertz CT molecular complexity index is 360. The maximum absolute atomic E-state index is 4.71. The van der Waals surface area contributed by atoms with Crippen molar-refractivity contribution in [3.05, 3.63) is 5.82 Å². The summed E-state index contributed by atoms with van der Waals surface area (Å²) < 4.78 is 4.50. The molecule has 1 aromatic heterocycles. The average Bonchev–Trinajstić information content (AvgIpc) is 2.94. The Morgan fingerprint density at radius 3 is 2.69 bits per heavy atom. The molecule has 3 nitrogen and oxygen atoms in total. The van der Waals surface area contributed by atoms with Gasteiger partial charge in [-0.3, -0.25) is 0 Å². The summed E-state index contributed by atoms with van der Waals surface area (Å²) in [4.78, 5) is 7.15. The highest BCUT2D eigenvalue weighted by molar-refractivity contribution is 9.09.